The summed E-state index contributed by atoms with van der Waals surface area (Å²) >= 11 is 0. The summed E-state index contributed by atoms with van der Waals surface area (Å²) in [4.78, 5) is 0. The SMILES string of the molecule is CCOc1cccc(CNc2ccccc2OCCCc2ccccc2)c1. The van der Waals surface area contributed by atoms with Gasteiger partial charge in [0.2, 0.25) is 0 Å². The first-order chi connectivity index (χ1) is 13.3. The van der Waals surface area contributed by atoms with Crippen LogP contribution in [0.2, 0.25) is 0 Å². The maximum absolute atomic E-state index is 6.02. The number of aryl methyl sites for hydroxylation is 1. The van der Waals surface area contributed by atoms with E-state index in [1.165, 1.54) is 11.1 Å². The van der Waals surface area contributed by atoms with Gasteiger partial charge in [-0.15, -0.1) is 0 Å². The van der Waals surface area contributed by atoms with E-state index in [2.05, 4.69) is 47.8 Å². The van der Waals surface area contributed by atoms with Crippen LogP contribution >= 0.6 is 0 Å². The largest absolute Gasteiger partial charge is 0.494 e. The maximum atomic E-state index is 6.02. The van der Waals surface area contributed by atoms with E-state index in [1.807, 2.05) is 43.3 Å². The van der Waals surface area contributed by atoms with Gasteiger partial charge in [0.05, 0.1) is 18.9 Å². The summed E-state index contributed by atoms with van der Waals surface area (Å²) in [6.07, 6.45) is 2.02. The Morgan fingerprint density at radius 2 is 1.56 bits per heavy atom. The van der Waals surface area contributed by atoms with Gasteiger partial charge in [0.1, 0.15) is 11.5 Å². The Morgan fingerprint density at radius 1 is 0.778 bits per heavy atom. The maximum Gasteiger partial charge on any atom is 0.142 e. The lowest BCUT2D eigenvalue weighted by atomic mass is 10.1. The zero-order chi connectivity index (χ0) is 18.7. The van der Waals surface area contributed by atoms with E-state index < -0.39 is 0 Å². The highest BCUT2D eigenvalue weighted by atomic mass is 16.5. The lowest BCUT2D eigenvalue weighted by Gasteiger charge is -2.14. The van der Waals surface area contributed by atoms with Crippen LogP contribution in [0.25, 0.3) is 0 Å². The van der Waals surface area contributed by atoms with Gasteiger partial charge in [0.15, 0.2) is 0 Å². The first-order valence-corrected chi connectivity index (χ1v) is 9.56. The molecule has 0 saturated heterocycles. The van der Waals surface area contributed by atoms with E-state index >= 15 is 0 Å². The van der Waals surface area contributed by atoms with Crippen LogP contribution in [-0.2, 0) is 13.0 Å². The van der Waals surface area contributed by atoms with Crippen molar-refractivity contribution in [2.24, 2.45) is 0 Å². The molecule has 3 nitrogen and oxygen atoms in total. The third kappa shape index (κ3) is 6.07. The van der Waals surface area contributed by atoms with E-state index in [9.17, 15) is 0 Å². The zero-order valence-corrected chi connectivity index (χ0v) is 15.9. The van der Waals surface area contributed by atoms with Crippen LogP contribution < -0.4 is 14.8 Å². The molecule has 140 valence electrons. The monoisotopic (exact) mass is 361 g/mol. The highest BCUT2D eigenvalue weighted by molar-refractivity contribution is 5.56. The van der Waals surface area contributed by atoms with Crippen LogP contribution in [0, 0.1) is 0 Å². The molecule has 0 heterocycles. The molecular formula is C24H27NO2. The minimum atomic E-state index is 0.677. The summed E-state index contributed by atoms with van der Waals surface area (Å²) in [7, 11) is 0. The number of rotatable bonds is 10. The Hall–Kier alpha value is -2.94. The summed E-state index contributed by atoms with van der Waals surface area (Å²) in [5, 5.41) is 3.48. The topological polar surface area (TPSA) is 30.5 Å². The Balaban J connectivity index is 1.52. The lowest BCUT2D eigenvalue weighted by molar-refractivity contribution is 0.312. The van der Waals surface area contributed by atoms with Crippen molar-refractivity contribution in [2.75, 3.05) is 18.5 Å². The van der Waals surface area contributed by atoms with Crippen molar-refractivity contribution < 1.29 is 9.47 Å². The molecule has 0 fully saturated rings. The van der Waals surface area contributed by atoms with Gasteiger partial charge in [0.25, 0.3) is 0 Å². The summed E-state index contributed by atoms with van der Waals surface area (Å²) in [5.41, 5.74) is 3.54. The van der Waals surface area contributed by atoms with Crippen molar-refractivity contribution in [3.63, 3.8) is 0 Å². The van der Waals surface area contributed by atoms with Crippen molar-refractivity contribution >= 4 is 5.69 Å². The number of para-hydroxylation sites is 2. The molecule has 0 aliphatic rings. The third-order valence-corrected chi connectivity index (χ3v) is 4.29. The Morgan fingerprint density at radius 3 is 2.41 bits per heavy atom. The van der Waals surface area contributed by atoms with Gasteiger partial charge in [-0.2, -0.15) is 0 Å². The minimum Gasteiger partial charge on any atom is -0.494 e. The predicted molar refractivity (Wildman–Crippen MR) is 112 cm³/mol. The van der Waals surface area contributed by atoms with Gasteiger partial charge < -0.3 is 14.8 Å². The number of ether oxygens (including phenoxy) is 2. The number of nitrogens with one attached hydrogen (secondary N) is 1. The molecule has 0 amide bonds. The van der Waals surface area contributed by atoms with Crippen LogP contribution in [0.1, 0.15) is 24.5 Å². The van der Waals surface area contributed by atoms with Crippen molar-refractivity contribution in [2.45, 2.75) is 26.3 Å². The molecule has 3 heteroatoms. The van der Waals surface area contributed by atoms with E-state index in [0.717, 1.165) is 36.6 Å². The number of anilines is 1. The van der Waals surface area contributed by atoms with Crippen molar-refractivity contribution in [1.29, 1.82) is 0 Å². The molecule has 1 N–H and O–H groups in total. The van der Waals surface area contributed by atoms with Gasteiger partial charge in [0, 0.05) is 6.54 Å². The normalized spacial score (nSPS) is 10.4. The van der Waals surface area contributed by atoms with Gasteiger partial charge >= 0.3 is 0 Å². The summed E-state index contributed by atoms with van der Waals surface area (Å²) in [6.45, 7) is 4.10. The van der Waals surface area contributed by atoms with Crippen LogP contribution in [0.15, 0.2) is 78.9 Å². The molecule has 3 aromatic rings. The minimum absolute atomic E-state index is 0.677. The summed E-state index contributed by atoms with van der Waals surface area (Å²) in [5.74, 6) is 1.80. The molecule has 3 aromatic carbocycles. The molecule has 3 rings (SSSR count). The highest BCUT2D eigenvalue weighted by Gasteiger charge is 2.04. The molecular weight excluding hydrogens is 334 g/mol. The number of hydrogen-bond acceptors (Lipinski definition) is 3. The second-order valence-corrected chi connectivity index (χ2v) is 6.37. The number of hydrogen-bond donors (Lipinski definition) is 1. The lowest BCUT2D eigenvalue weighted by Crippen LogP contribution is -2.05. The average Bonchev–Trinajstić information content (AvgIpc) is 2.72. The molecule has 0 unspecified atom stereocenters. The fourth-order valence-corrected chi connectivity index (χ4v) is 2.95. The molecule has 0 radical (unpaired) electrons. The molecule has 0 spiro atoms. The number of benzene rings is 3. The van der Waals surface area contributed by atoms with Gasteiger partial charge in [-0.05, 0) is 55.2 Å². The molecule has 0 atom stereocenters. The predicted octanol–water partition coefficient (Wildman–Crippen LogP) is 5.71. The van der Waals surface area contributed by atoms with E-state index in [0.29, 0.717) is 13.2 Å². The smallest absolute Gasteiger partial charge is 0.142 e. The average molecular weight is 361 g/mol. The van der Waals surface area contributed by atoms with Crippen molar-refractivity contribution in [3.05, 3.63) is 90.0 Å². The fraction of sp³-hybridized carbons (Fsp3) is 0.250. The van der Waals surface area contributed by atoms with Crippen LogP contribution in [0.3, 0.4) is 0 Å². The van der Waals surface area contributed by atoms with Gasteiger partial charge in [-0.1, -0.05) is 54.6 Å². The molecule has 0 aliphatic heterocycles. The Labute approximate surface area is 162 Å². The molecule has 0 bridgehead atoms. The standard InChI is InChI=1S/C24H27NO2/c1-2-26-22-14-8-12-21(18-22)19-25-23-15-6-7-16-24(23)27-17-9-13-20-10-4-3-5-11-20/h3-8,10-12,14-16,18,25H,2,9,13,17,19H2,1H3. The molecule has 0 aliphatic carbocycles. The van der Waals surface area contributed by atoms with E-state index in [4.69, 9.17) is 9.47 Å². The van der Waals surface area contributed by atoms with Crippen LogP contribution in [0.5, 0.6) is 11.5 Å². The third-order valence-electron chi connectivity index (χ3n) is 4.29. The van der Waals surface area contributed by atoms with Crippen molar-refractivity contribution in [3.8, 4) is 11.5 Å². The molecule has 0 saturated carbocycles. The van der Waals surface area contributed by atoms with Crippen molar-refractivity contribution in [1.82, 2.24) is 0 Å². The van der Waals surface area contributed by atoms with E-state index in [-0.39, 0.29) is 0 Å². The second kappa shape index (κ2) is 10.3. The quantitative estimate of drug-likeness (QED) is 0.469. The molecule has 27 heavy (non-hydrogen) atoms. The van der Waals surface area contributed by atoms with Gasteiger partial charge in [-0.25, -0.2) is 0 Å². The van der Waals surface area contributed by atoms with Gasteiger partial charge in [-0.3, -0.25) is 0 Å². The second-order valence-electron chi connectivity index (χ2n) is 6.37. The zero-order valence-electron chi connectivity index (χ0n) is 15.9. The summed E-state index contributed by atoms with van der Waals surface area (Å²) in [6, 6.07) is 26.8. The molecule has 0 aromatic heterocycles. The Bertz CT molecular complexity index is 817. The summed E-state index contributed by atoms with van der Waals surface area (Å²) < 4.78 is 11.6. The fourth-order valence-electron chi connectivity index (χ4n) is 2.95. The first-order valence-electron chi connectivity index (χ1n) is 9.56. The first kappa shape index (κ1) is 18.8. The van der Waals surface area contributed by atoms with E-state index in [1.54, 1.807) is 0 Å². The van der Waals surface area contributed by atoms with Crippen LogP contribution in [-0.4, -0.2) is 13.2 Å². The highest BCUT2D eigenvalue weighted by Crippen LogP contribution is 2.25. The van der Waals surface area contributed by atoms with Crippen LogP contribution in [0.4, 0.5) is 5.69 Å². The Kier molecular flexibility index (Phi) is 7.16.